The van der Waals surface area contributed by atoms with Crippen LogP contribution in [-0.4, -0.2) is 12.2 Å². The maximum Gasteiger partial charge on any atom is 0.235 e. The lowest BCUT2D eigenvalue weighted by atomic mass is 9.88. The summed E-state index contributed by atoms with van der Waals surface area (Å²) in [5, 5.41) is 0. The summed E-state index contributed by atoms with van der Waals surface area (Å²) in [5.74, 6) is 0.881. The summed E-state index contributed by atoms with van der Waals surface area (Å²) >= 11 is 3.50. The number of aliphatic imine (C=N–C) groups is 1. The molecule has 1 aromatic rings. The Morgan fingerprint density at radius 2 is 2.05 bits per heavy atom. The van der Waals surface area contributed by atoms with Gasteiger partial charge in [-0.1, -0.05) is 28.8 Å². The first kappa shape index (κ1) is 12.9. The lowest BCUT2D eigenvalue weighted by molar-refractivity contribution is 0.290. The third kappa shape index (κ3) is 2.60. The highest BCUT2D eigenvalue weighted by Gasteiger charge is 2.39. The maximum absolute atomic E-state index is 10.8. The number of carbonyl (C=O) groups excluding carboxylic acids is 1. The molecule has 0 atom stereocenters. The Labute approximate surface area is 121 Å². The summed E-state index contributed by atoms with van der Waals surface area (Å²) < 4.78 is 6.98. The van der Waals surface area contributed by atoms with E-state index in [0.29, 0.717) is 6.10 Å². The van der Waals surface area contributed by atoms with Crippen LogP contribution < -0.4 is 4.74 Å². The highest BCUT2D eigenvalue weighted by molar-refractivity contribution is 9.10. The van der Waals surface area contributed by atoms with E-state index >= 15 is 0 Å². The monoisotopic (exact) mass is 321 g/mol. The van der Waals surface area contributed by atoms with E-state index in [4.69, 9.17) is 4.74 Å². The lowest BCUT2D eigenvalue weighted by Crippen LogP contribution is -2.20. The van der Waals surface area contributed by atoms with Crippen LogP contribution in [0, 0.1) is 0 Å². The molecule has 3 rings (SSSR count). The van der Waals surface area contributed by atoms with Gasteiger partial charge in [0.25, 0.3) is 0 Å². The van der Waals surface area contributed by atoms with Gasteiger partial charge in [0.1, 0.15) is 11.3 Å². The summed E-state index contributed by atoms with van der Waals surface area (Å²) in [6.45, 7) is 0. The molecule has 0 aliphatic heterocycles. The van der Waals surface area contributed by atoms with E-state index < -0.39 is 5.54 Å². The maximum atomic E-state index is 10.8. The van der Waals surface area contributed by atoms with Gasteiger partial charge in [0.2, 0.25) is 6.08 Å². The van der Waals surface area contributed by atoms with Crippen molar-refractivity contribution >= 4 is 22.0 Å². The summed E-state index contributed by atoms with van der Waals surface area (Å²) in [6, 6.07) is 6.01. The van der Waals surface area contributed by atoms with Crippen molar-refractivity contribution in [1.82, 2.24) is 0 Å². The molecule has 0 saturated heterocycles. The van der Waals surface area contributed by atoms with Crippen LogP contribution in [0.15, 0.2) is 27.7 Å². The van der Waals surface area contributed by atoms with E-state index in [0.717, 1.165) is 54.3 Å². The van der Waals surface area contributed by atoms with Crippen LogP contribution in [0.4, 0.5) is 0 Å². The van der Waals surface area contributed by atoms with Gasteiger partial charge in [-0.2, -0.15) is 4.99 Å². The Kier molecular flexibility index (Phi) is 3.46. The average molecular weight is 322 g/mol. The minimum atomic E-state index is -0.421. The molecule has 0 heterocycles. The summed E-state index contributed by atoms with van der Waals surface area (Å²) in [4.78, 5) is 15.0. The molecule has 0 N–H and O–H groups in total. The molecule has 2 aliphatic rings. The van der Waals surface area contributed by atoms with Crippen molar-refractivity contribution < 1.29 is 9.53 Å². The number of hydrogen-bond donors (Lipinski definition) is 0. The largest absolute Gasteiger partial charge is 0.490 e. The number of ether oxygens (including phenoxy) is 1. The van der Waals surface area contributed by atoms with Crippen molar-refractivity contribution in [3.8, 4) is 5.75 Å². The van der Waals surface area contributed by atoms with E-state index in [2.05, 4.69) is 20.9 Å². The summed E-state index contributed by atoms with van der Waals surface area (Å²) in [5.41, 5.74) is 0.616. The van der Waals surface area contributed by atoms with Crippen LogP contribution in [0.5, 0.6) is 5.75 Å². The molecular formula is C15H16BrNO2. The van der Waals surface area contributed by atoms with Crippen molar-refractivity contribution in [2.75, 3.05) is 0 Å². The normalized spacial score (nSPS) is 20.9. The highest BCUT2D eigenvalue weighted by atomic mass is 79.9. The number of benzene rings is 1. The Balaban J connectivity index is 2.04. The van der Waals surface area contributed by atoms with E-state index in [9.17, 15) is 4.79 Å². The number of hydrogen-bond acceptors (Lipinski definition) is 3. The van der Waals surface area contributed by atoms with Crippen LogP contribution >= 0.6 is 15.9 Å². The minimum Gasteiger partial charge on any atom is -0.490 e. The van der Waals surface area contributed by atoms with Crippen LogP contribution in [0.2, 0.25) is 0 Å². The molecule has 2 fully saturated rings. The van der Waals surface area contributed by atoms with Crippen LogP contribution in [0.25, 0.3) is 0 Å². The van der Waals surface area contributed by atoms with Gasteiger partial charge < -0.3 is 4.74 Å². The Morgan fingerprint density at radius 1 is 1.32 bits per heavy atom. The zero-order chi connectivity index (χ0) is 13.3. The average Bonchev–Trinajstić information content (AvgIpc) is 3.09. The smallest absolute Gasteiger partial charge is 0.235 e. The fourth-order valence-electron chi connectivity index (χ4n) is 2.82. The fraction of sp³-hybridized carbons (Fsp3) is 0.533. The molecular weight excluding hydrogens is 306 g/mol. The van der Waals surface area contributed by atoms with Crippen molar-refractivity contribution in [2.45, 2.75) is 50.2 Å². The zero-order valence-corrected chi connectivity index (χ0v) is 12.3. The first-order valence-electron chi connectivity index (χ1n) is 6.79. The summed E-state index contributed by atoms with van der Waals surface area (Å²) in [6.07, 6.45) is 8.36. The number of nitrogens with zero attached hydrogens (tertiary/aromatic N) is 1. The molecule has 0 unspecified atom stereocenters. The third-order valence-electron chi connectivity index (χ3n) is 3.95. The number of halogens is 1. The molecule has 1 aromatic carbocycles. The van der Waals surface area contributed by atoms with Crippen molar-refractivity contribution in [3.05, 3.63) is 28.2 Å². The first-order valence-corrected chi connectivity index (χ1v) is 7.58. The zero-order valence-electron chi connectivity index (χ0n) is 10.7. The number of rotatable bonds is 4. The first-order chi connectivity index (χ1) is 9.23. The van der Waals surface area contributed by atoms with Crippen molar-refractivity contribution in [1.29, 1.82) is 0 Å². The molecule has 100 valence electrons. The van der Waals surface area contributed by atoms with Crippen LogP contribution in [0.1, 0.15) is 44.1 Å². The summed E-state index contributed by atoms with van der Waals surface area (Å²) in [7, 11) is 0. The quantitative estimate of drug-likeness (QED) is 0.618. The number of isocyanates is 1. The van der Waals surface area contributed by atoms with Crippen LogP contribution in [-0.2, 0) is 10.3 Å². The van der Waals surface area contributed by atoms with Crippen molar-refractivity contribution in [2.24, 2.45) is 4.99 Å². The SMILES string of the molecule is O=C=NC1(c2cc(Br)ccc2OC2CC2)CCCC1. The second kappa shape index (κ2) is 5.10. The Morgan fingerprint density at radius 3 is 2.68 bits per heavy atom. The fourth-order valence-corrected chi connectivity index (χ4v) is 3.18. The molecule has 2 saturated carbocycles. The topological polar surface area (TPSA) is 38.7 Å². The second-order valence-electron chi connectivity index (χ2n) is 5.40. The molecule has 0 spiro atoms. The molecule has 0 amide bonds. The van der Waals surface area contributed by atoms with Gasteiger partial charge in [0.05, 0.1) is 6.10 Å². The molecule has 0 radical (unpaired) electrons. The Hall–Kier alpha value is -1.12. The van der Waals surface area contributed by atoms with E-state index in [1.54, 1.807) is 6.08 Å². The van der Waals surface area contributed by atoms with Gasteiger partial charge >= 0.3 is 0 Å². The van der Waals surface area contributed by atoms with Gasteiger partial charge in [0.15, 0.2) is 0 Å². The van der Waals surface area contributed by atoms with E-state index in [-0.39, 0.29) is 0 Å². The van der Waals surface area contributed by atoms with Gasteiger partial charge in [-0.25, -0.2) is 4.79 Å². The molecule has 0 bridgehead atoms. The van der Waals surface area contributed by atoms with Gasteiger partial charge in [-0.15, -0.1) is 0 Å². The highest BCUT2D eigenvalue weighted by Crippen LogP contribution is 2.47. The Bertz CT molecular complexity index is 527. The van der Waals surface area contributed by atoms with Crippen molar-refractivity contribution in [3.63, 3.8) is 0 Å². The van der Waals surface area contributed by atoms with Gasteiger partial charge in [0, 0.05) is 10.0 Å². The van der Waals surface area contributed by atoms with Crippen LogP contribution in [0.3, 0.4) is 0 Å². The predicted octanol–water partition coefficient (Wildman–Crippen LogP) is 4.10. The molecule has 3 nitrogen and oxygen atoms in total. The predicted molar refractivity (Wildman–Crippen MR) is 76.1 cm³/mol. The molecule has 2 aliphatic carbocycles. The van der Waals surface area contributed by atoms with E-state index in [1.165, 1.54) is 0 Å². The van der Waals surface area contributed by atoms with Gasteiger partial charge in [-0.05, 0) is 43.9 Å². The molecule has 19 heavy (non-hydrogen) atoms. The molecule has 0 aromatic heterocycles. The van der Waals surface area contributed by atoms with Gasteiger partial charge in [-0.3, -0.25) is 0 Å². The van der Waals surface area contributed by atoms with E-state index in [1.807, 2.05) is 18.2 Å². The second-order valence-corrected chi connectivity index (χ2v) is 6.32. The lowest BCUT2D eigenvalue weighted by Gasteiger charge is -2.25. The standard InChI is InChI=1S/C15H16BrNO2/c16-11-3-6-14(19-12-4-5-12)13(9-11)15(17-10-18)7-1-2-8-15/h3,6,9,12H,1-2,4-5,7-8H2. The third-order valence-corrected chi connectivity index (χ3v) is 4.44. The molecule has 4 heteroatoms. The minimum absolute atomic E-state index is 0.346.